The van der Waals surface area contributed by atoms with Gasteiger partial charge in [0.2, 0.25) is 11.8 Å². The Morgan fingerprint density at radius 1 is 0.868 bits per heavy atom. The van der Waals surface area contributed by atoms with Crippen molar-refractivity contribution in [3.05, 3.63) is 88.9 Å². The molecule has 53 heavy (non-hydrogen) atoms. The van der Waals surface area contributed by atoms with E-state index in [4.69, 9.17) is 14.2 Å². The molecule has 0 unspecified atom stereocenters. The van der Waals surface area contributed by atoms with E-state index in [0.717, 1.165) is 69.7 Å². The standard InChI is InChI=1S/C40H48FN7O5/c1-5-15-46-18-20-47(21-19-46)22-23-52-33-14-12-30(25-32(33)41)43-40-42-26-31(37(49)44-36-27(2)9-8-10-28(36)3)38(45-40)53-34-13-11-29(24-35(34)51-4)39(50)48-16-6-7-17-48/h8-14,24-26H,5-7,15-23H2,1-4H3,(H,44,49)(H,42,43,45). The van der Waals surface area contributed by atoms with Crippen LogP contribution in [0.5, 0.6) is 23.1 Å². The molecule has 2 fully saturated rings. The van der Waals surface area contributed by atoms with Crippen LogP contribution in [0.25, 0.3) is 0 Å². The first kappa shape index (κ1) is 37.5. The third-order valence-electron chi connectivity index (χ3n) is 9.59. The topological polar surface area (TPSA) is 121 Å². The first-order valence-electron chi connectivity index (χ1n) is 18.3. The highest BCUT2D eigenvalue weighted by atomic mass is 19.1. The molecule has 0 saturated carbocycles. The van der Waals surface area contributed by atoms with Crippen molar-refractivity contribution in [3.63, 3.8) is 0 Å². The second-order valence-corrected chi connectivity index (χ2v) is 13.4. The van der Waals surface area contributed by atoms with E-state index < -0.39 is 11.7 Å². The van der Waals surface area contributed by atoms with E-state index >= 15 is 4.39 Å². The number of ether oxygens (including phenoxy) is 3. The molecule has 2 aliphatic heterocycles. The predicted octanol–water partition coefficient (Wildman–Crippen LogP) is 6.67. The first-order chi connectivity index (χ1) is 25.7. The van der Waals surface area contributed by atoms with Crippen LogP contribution in [0.4, 0.5) is 21.7 Å². The van der Waals surface area contributed by atoms with E-state index in [1.165, 1.54) is 19.4 Å². The number of carbonyl (C=O) groups is 2. The Hall–Kier alpha value is -5.27. The highest BCUT2D eigenvalue weighted by Gasteiger charge is 2.24. The number of nitrogens with zero attached hydrogens (tertiary/aromatic N) is 5. The number of rotatable bonds is 14. The second kappa shape index (κ2) is 17.5. The minimum atomic E-state index is -0.530. The summed E-state index contributed by atoms with van der Waals surface area (Å²) in [7, 11) is 1.48. The maximum absolute atomic E-state index is 15.2. The third kappa shape index (κ3) is 9.40. The number of benzene rings is 3. The molecule has 2 amide bonds. The summed E-state index contributed by atoms with van der Waals surface area (Å²) >= 11 is 0. The fourth-order valence-corrected chi connectivity index (χ4v) is 6.61. The number of anilines is 3. The SMILES string of the molecule is CCCN1CCN(CCOc2ccc(Nc3ncc(C(=O)Nc4c(C)cccc4C)c(Oc4ccc(C(=O)N5CCCC5)cc4OC)n3)cc2F)CC1. The Morgan fingerprint density at radius 2 is 1.57 bits per heavy atom. The maximum Gasteiger partial charge on any atom is 0.262 e. The minimum Gasteiger partial charge on any atom is -0.493 e. The van der Waals surface area contributed by atoms with Gasteiger partial charge >= 0.3 is 0 Å². The average molecular weight is 726 g/mol. The molecule has 0 bridgehead atoms. The molecule has 2 N–H and O–H groups in total. The van der Waals surface area contributed by atoms with Crippen LogP contribution in [-0.4, -0.2) is 103 Å². The zero-order valence-electron chi connectivity index (χ0n) is 30.9. The van der Waals surface area contributed by atoms with Gasteiger partial charge in [-0.15, -0.1) is 0 Å². The largest absolute Gasteiger partial charge is 0.493 e. The molecule has 0 atom stereocenters. The van der Waals surface area contributed by atoms with Crippen molar-refractivity contribution >= 4 is 29.1 Å². The van der Waals surface area contributed by atoms with Crippen LogP contribution in [0.15, 0.2) is 60.8 Å². The Kier molecular flexibility index (Phi) is 12.4. The average Bonchev–Trinajstić information content (AvgIpc) is 3.70. The van der Waals surface area contributed by atoms with Gasteiger partial charge in [0, 0.05) is 75.0 Å². The van der Waals surface area contributed by atoms with E-state index in [1.54, 1.807) is 30.3 Å². The van der Waals surface area contributed by atoms with Crippen molar-refractivity contribution in [2.75, 3.05) is 76.7 Å². The van der Waals surface area contributed by atoms with E-state index in [0.29, 0.717) is 42.4 Å². The van der Waals surface area contributed by atoms with Crippen LogP contribution in [0.2, 0.25) is 0 Å². The molecular formula is C40H48FN7O5. The monoisotopic (exact) mass is 725 g/mol. The predicted molar refractivity (Wildman–Crippen MR) is 202 cm³/mol. The second-order valence-electron chi connectivity index (χ2n) is 13.4. The molecule has 0 radical (unpaired) electrons. The number of hydrogen-bond donors (Lipinski definition) is 2. The molecular weight excluding hydrogens is 677 g/mol. The van der Waals surface area contributed by atoms with Crippen molar-refractivity contribution < 1.29 is 28.2 Å². The molecule has 2 aliphatic rings. The summed E-state index contributed by atoms with van der Waals surface area (Å²) in [6, 6.07) is 15.2. The molecule has 2 saturated heterocycles. The molecule has 3 heterocycles. The quantitative estimate of drug-likeness (QED) is 0.146. The van der Waals surface area contributed by atoms with Crippen LogP contribution < -0.4 is 24.8 Å². The highest BCUT2D eigenvalue weighted by Crippen LogP contribution is 2.35. The van der Waals surface area contributed by atoms with Crippen molar-refractivity contribution in [1.82, 2.24) is 24.7 Å². The van der Waals surface area contributed by atoms with Gasteiger partial charge in [0.15, 0.2) is 23.1 Å². The summed E-state index contributed by atoms with van der Waals surface area (Å²) in [4.78, 5) is 42.3. The lowest BCUT2D eigenvalue weighted by Crippen LogP contribution is -2.47. The molecule has 1 aromatic heterocycles. The number of aryl methyl sites for hydroxylation is 2. The molecule has 4 aromatic rings. The normalized spacial score (nSPS) is 14.9. The lowest BCUT2D eigenvalue weighted by atomic mass is 10.1. The number of aromatic nitrogens is 2. The first-order valence-corrected chi connectivity index (χ1v) is 18.3. The van der Waals surface area contributed by atoms with Crippen molar-refractivity contribution in [2.24, 2.45) is 0 Å². The van der Waals surface area contributed by atoms with Gasteiger partial charge in [-0.05, 0) is 81.1 Å². The zero-order valence-corrected chi connectivity index (χ0v) is 30.9. The molecule has 12 nitrogen and oxygen atoms in total. The van der Waals surface area contributed by atoms with Gasteiger partial charge in [-0.3, -0.25) is 14.5 Å². The Balaban J connectivity index is 1.19. The van der Waals surface area contributed by atoms with E-state index in [2.05, 4.69) is 37.3 Å². The molecule has 3 aromatic carbocycles. The molecule has 280 valence electrons. The zero-order chi connectivity index (χ0) is 37.3. The van der Waals surface area contributed by atoms with Crippen LogP contribution >= 0.6 is 0 Å². The number of carbonyl (C=O) groups excluding carboxylic acids is 2. The van der Waals surface area contributed by atoms with Crippen LogP contribution in [0.1, 0.15) is 58.0 Å². The molecule has 13 heteroatoms. The van der Waals surface area contributed by atoms with Crippen LogP contribution in [-0.2, 0) is 0 Å². The summed E-state index contributed by atoms with van der Waals surface area (Å²) in [6.07, 6.45) is 4.45. The number of piperazine rings is 1. The Labute approximate surface area is 310 Å². The fraction of sp³-hybridized carbons (Fsp3) is 0.400. The Bertz CT molecular complexity index is 1890. The van der Waals surface area contributed by atoms with Gasteiger partial charge in [-0.2, -0.15) is 4.98 Å². The number of amides is 2. The van der Waals surface area contributed by atoms with Gasteiger partial charge in [0.25, 0.3) is 11.8 Å². The lowest BCUT2D eigenvalue weighted by Gasteiger charge is -2.34. The number of hydrogen-bond acceptors (Lipinski definition) is 10. The molecule has 0 aliphatic carbocycles. The van der Waals surface area contributed by atoms with Gasteiger partial charge in [0.05, 0.1) is 7.11 Å². The minimum absolute atomic E-state index is 0.0548. The van der Waals surface area contributed by atoms with Crippen LogP contribution in [0, 0.1) is 19.7 Å². The van der Waals surface area contributed by atoms with E-state index in [9.17, 15) is 9.59 Å². The summed E-state index contributed by atoms with van der Waals surface area (Å²) in [5.74, 6) is -0.414. The van der Waals surface area contributed by atoms with Gasteiger partial charge in [-0.1, -0.05) is 25.1 Å². The Morgan fingerprint density at radius 3 is 2.25 bits per heavy atom. The molecule has 6 rings (SSSR count). The van der Waals surface area contributed by atoms with Gasteiger partial charge < -0.3 is 34.6 Å². The number of likely N-dealkylation sites (tertiary alicyclic amines) is 1. The van der Waals surface area contributed by atoms with Crippen molar-refractivity contribution in [1.29, 1.82) is 0 Å². The smallest absolute Gasteiger partial charge is 0.262 e. The maximum atomic E-state index is 15.2. The van der Waals surface area contributed by atoms with Crippen molar-refractivity contribution in [2.45, 2.75) is 40.0 Å². The molecule has 0 spiro atoms. The number of halogens is 1. The number of para-hydroxylation sites is 1. The van der Waals surface area contributed by atoms with Crippen molar-refractivity contribution in [3.8, 4) is 23.1 Å². The van der Waals surface area contributed by atoms with Gasteiger partial charge in [-0.25, -0.2) is 9.37 Å². The summed E-state index contributed by atoms with van der Waals surface area (Å²) in [5.41, 5.74) is 3.34. The lowest BCUT2D eigenvalue weighted by molar-refractivity contribution is 0.0792. The van der Waals surface area contributed by atoms with E-state index in [1.807, 2.05) is 36.9 Å². The summed E-state index contributed by atoms with van der Waals surface area (Å²) in [5, 5.41) is 5.98. The summed E-state index contributed by atoms with van der Waals surface area (Å²) in [6.45, 7) is 13.7. The van der Waals surface area contributed by atoms with Gasteiger partial charge in [0.1, 0.15) is 12.2 Å². The van der Waals surface area contributed by atoms with E-state index in [-0.39, 0.29) is 34.8 Å². The highest BCUT2D eigenvalue weighted by molar-refractivity contribution is 6.06. The fourth-order valence-electron chi connectivity index (χ4n) is 6.61. The summed E-state index contributed by atoms with van der Waals surface area (Å²) < 4.78 is 32.8. The number of methoxy groups -OCH3 is 1. The van der Waals surface area contributed by atoms with Crippen LogP contribution in [0.3, 0.4) is 0 Å². The third-order valence-corrected chi connectivity index (χ3v) is 9.59. The number of nitrogens with one attached hydrogen (secondary N) is 2.